The number of pyridine rings is 1. The Morgan fingerprint density at radius 2 is 2.15 bits per heavy atom. The Morgan fingerprint density at radius 3 is 2.80 bits per heavy atom. The summed E-state index contributed by atoms with van der Waals surface area (Å²) in [5, 5.41) is 10.5. The monoisotopic (exact) mass is 446 g/mol. The van der Waals surface area contributed by atoms with Crippen molar-refractivity contribution >= 4 is 63.0 Å². The first-order chi connectivity index (χ1) is 9.51. The lowest BCUT2D eigenvalue weighted by molar-refractivity contribution is 0.0102. The summed E-state index contributed by atoms with van der Waals surface area (Å²) in [7, 11) is 0. The third kappa shape index (κ3) is 2.53. The zero-order chi connectivity index (χ0) is 14.4. The van der Waals surface area contributed by atoms with Gasteiger partial charge in [-0.15, -0.1) is 0 Å². The third-order valence-electron chi connectivity index (χ3n) is 3.29. The van der Waals surface area contributed by atoms with Gasteiger partial charge in [0.15, 0.2) is 5.15 Å². The van der Waals surface area contributed by atoms with Crippen LogP contribution in [0.5, 0.6) is 0 Å². The van der Waals surface area contributed by atoms with E-state index in [-0.39, 0.29) is 22.7 Å². The van der Waals surface area contributed by atoms with Gasteiger partial charge in [0.05, 0.1) is 28.5 Å². The average molecular weight is 447 g/mol. The predicted octanol–water partition coefficient (Wildman–Crippen LogP) is 3.92. The van der Waals surface area contributed by atoms with Gasteiger partial charge in [-0.2, -0.15) is 0 Å². The van der Waals surface area contributed by atoms with Gasteiger partial charge in [0.25, 0.3) is 0 Å². The van der Waals surface area contributed by atoms with E-state index in [0.717, 1.165) is 12.1 Å². The van der Waals surface area contributed by atoms with E-state index in [1.807, 2.05) is 0 Å². The number of ether oxygens (including phenoxy) is 1. The van der Waals surface area contributed by atoms with Crippen LogP contribution >= 0.6 is 57.4 Å². The van der Waals surface area contributed by atoms with Gasteiger partial charge >= 0.3 is 0 Å². The minimum Gasteiger partial charge on any atom is -0.394 e. The molecular weight excluding hydrogens is 437 g/mol. The van der Waals surface area contributed by atoms with Crippen molar-refractivity contribution in [1.29, 1.82) is 0 Å². The summed E-state index contributed by atoms with van der Waals surface area (Å²) in [6.45, 7) is -0.00303. The molecule has 0 bridgehead atoms. The Labute approximate surface area is 144 Å². The molecule has 0 unspecified atom stereocenters. The van der Waals surface area contributed by atoms with Crippen molar-refractivity contribution < 1.29 is 9.84 Å². The number of hydrogen-bond acceptors (Lipinski definition) is 3. The van der Waals surface area contributed by atoms with Gasteiger partial charge in [0.2, 0.25) is 0 Å². The van der Waals surface area contributed by atoms with Crippen molar-refractivity contribution in [2.75, 3.05) is 6.61 Å². The molecule has 1 fully saturated rings. The Hall–Kier alpha value is 0.210. The fraction of sp³-hybridized carbons (Fsp3) is 0.417. The molecule has 3 atom stereocenters. The fourth-order valence-corrected chi connectivity index (χ4v) is 4.02. The molecule has 1 aliphatic heterocycles. The minimum absolute atomic E-state index is 0.00303. The second-order valence-corrected chi connectivity index (χ2v) is 7.37. The maximum absolute atomic E-state index is 9.24. The molecule has 20 heavy (non-hydrogen) atoms. The molecule has 0 amide bonds. The van der Waals surface area contributed by atoms with Crippen molar-refractivity contribution in [2.24, 2.45) is 0 Å². The first-order valence-corrected chi connectivity index (χ1v) is 8.32. The lowest BCUT2D eigenvalue weighted by Gasteiger charge is -2.15. The topological polar surface area (TPSA) is 46.8 Å². The molecule has 3 heterocycles. The summed E-state index contributed by atoms with van der Waals surface area (Å²) < 4.78 is 7.85. The number of aliphatic hydroxyl groups excluding tert-OH is 1. The highest BCUT2D eigenvalue weighted by Crippen LogP contribution is 2.41. The molecule has 0 spiro atoms. The van der Waals surface area contributed by atoms with Crippen LogP contribution in [0.15, 0.2) is 12.3 Å². The van der Waals surface area contributed by atoms with Gasteiger partial charge in [0.1, 0.15) is 11.8 Å². The fourth-order valence-electron chi connectivity index (χ4n) is 2.36. The highest BCUT2D eigenvalue weighted by molar-refractivity contribution is 14.1. The lowest BCUT2D eigenvalue weighted by Crippen LogP contribution is -2.12. The summed E-state index contributed by atoms with van der Waals surface area (Å²) in [6, 6.07) is 1.67. The molecule has 3 rings (SSSR count). The molecule has 108 valence electrons. The van der Waals surface area contributed by atoms with Crippen LogP contribution in [0.4, 0.5) is 0 Å². The average Bonchev–Trinajstić information content (AvgIpc) is 2.90. The molecule has 8 heteroatoms. The molecular formula is C12H10Cl3IN2O2. The summed E-state index contributed by atoms with van der Waals surface area (Å²) in [5.74, 6) is 0. The Morgan fingerprint density at radius 1 is 1.40 bits per heavy atom. The standard InChI is InChI=1S/C12H10Cl3IN2O2/c13-6-2-9-17-12(15)10(18(9)3-7(6)14)11-8(16)1-5(4-19)20-11/h2-3,5,8,11,19H,1,4H2/t5-,8+,11+/m0/s1. The van der Waals surface area contributed by atoms with Crippen molar-refractivity contribution in [1.82, 2.24) is 9.38 Å². The second-order valence-electron chi connectivity index (χ2n) is 4.60. The molecule has 1 saturated heterocycles. The maximum Gasteiger partial charge on any atom is 0.154 e. The highest BCUT2D eigenvalue weighted by atomic mass is 127. The van der Waals surface area contributed by atoms with Gasteiger partial charge in [-0.3, -0.25) is 4.40 Å². The first-order valence-electron chi connectivity index (χ1n) is 5.94. The van der Waals surface area contributed by atoms with Gasteiger partial charge < -0.3 is 9.84 Å². The molecule has 0 radical (unpaired) electrons. The van der Waals surface area contributed by atoms with Gasteiger partial charge in [-0.25, -0.2) is 4.98 Å². The molecule has 1 N–H and O–H groups in total. The van der Waals surface area contributed by atoms with Crippen LogP contribution in [0.25, 0.3) is 5.65 Å². The molecule has 0 aromatic carbocycles. The summed E-state index contributed by atoms with van der Waals surface area (Å²) >= 11 is 20.6. The number of rotatable bonds is 2. The van der Waals surface area contributed by atoms with E-state index in [2.05, 4.69) is 27.6 Å². The Bertz CT molecular complexity index is 664. The second kappa shape index (κ2) is 5.78. The number of nitrogens with zero attached hydrogens (tertiary/aromatic N) is 2. The summed E-state index contributed by atoms with van der Waals surface area (Å²) in [4.78, 5) is 4.28. The lowest BCUT2D eigenvalue weighted by atomic mass is 10.1. The predicted molar refractivity (Wildman–Crippen MR) is 87.3 cm³/mol. The van der Waals surface area contributed by atoms with Crippen molar-refractivity contribution in [3.05, 3.63) is 33.2 Å². The zero-order valence-corrected chi connectivity index (χ0v) is 14.5. The van der Waals surface area contributed by atoms with E-state index in [0.29, 0.717) is 20.8 Å². The van der Waals surface area contributed by atoms with Crippen LogP contribution in [-0.2, 0) is 4.74 Å². The molecule has 4 nitrogen and oxygen atoms in total. The van der Waals surface area contributed by atoms with Crippen LogP contribution in [0.3, 0.4) is 0 Å². The van der Waals surface area contributed by atoms with Crippen LogP contribution < -0.4 is 0 Å². The highest BCUT2D eigenvalue weighted by Gasteiger charge is 2.37. The van der Waals surface area contributed by atoms with E-state index < -0.39 is 0 Å². The van der Waals surface area contributed by atoms with Crippen molar-refractivity contribution in [2.45, 2.75) is 22.6 Å². The number of imidazole rings is 1. The SMILES string of the molecule is OC[C@@H]1C[C@@H](I)[C@H](c2c(Cl)nc3cc(Cl)c(Cl)cn23)O1. The number of aliphatic hydroxyl groups is 1. The van der Waals surface area contributed by atoms with Gasteiger partial charge in [-0.1, -0.05) is 57.4 Å². The van der Waals surface area contributed by atoms with Crippen LogP contribution in [-0.4, -0.2) is 31.1 Å². The van der Waals surface area contributed by atoms with E-state index in [1.165, 1.54) is 0 Å². The normalized spacial score (nSPS) is 26.6. The first kappa shape index (κ1) is 15.1. The van der Waals surface area contributed by atoms with E-state index in [4.69, 9.17) is 39.5 Å². The van der Waals surface area contributed by atoms with Crippen molar-refractivity contribution in [3.63, 3.8) is 0 Å². The number of alkyl halides is 1. The molecule has 2 aromatic heterocycles. The summed E-state index contributed by atoms with van der Waals surface area (Å²) in [5.41, 5.74) is 1.37. The van der Waals surface area contributed by atoms with Crippen LogP contribution in [0.2, 0.25) is 15.2 Å². The van der Waals surface area contributed by atoms with E-state index in [1.54, 1.807) is 16.7 Å². The van der Waals surface area contributed by atoms with E-state index >= 15 is 0 Å². The third-order valence-corrected chi connectivity index (χ3v) is 5.44. The quantitative estimate of drug-likeness (QED) is 0.561. The molecule has 0 aliphatic carbocycles. The number of halogens is 4. The molecule has 2 aromatic rings. The van der Waals surface area contributed by atoms with Gasteiger partial charge in [-0.05, 0) is 6.42 Å². The van der Waals surface area contributed by atoms with E-state index in [9.17, 15) is 5.11 Å². The maximum atomic E-state index is 9.24. The van der Waals surface area contributed by atoms with Crippen LogP contribution in [0.1, 0.15) is 18.2 Å². The number of hydrogen-bond donors (Lipinski definition) is 1. The smallest absolute Gasteiger partial charge is 0.154 e. The van der Waals surface area contributed by atoms with Crippen molar-refractivity contribution in [3.8, 4) is 0 Å². The van der Waals surface area contributed by atoms with Crippen LogP contribution in [0, 0.1) is 0 Å². The number of fused-ring (bicyclic) bond motifs is 1. The number of aromatic nitrogens is 2. The Balaban J connectivity index is 2.11. The molecule has 0 saturated carbocycles. The minimum atomic E-state index is -0.229. The summed E-state index contributed by atoms with van der Waals surface area (Å²) in [6.07, 6.45) is 2.05. The zero-order valence-electron chi connectivity index (χ0n) is 10.1. The van der Waals surface area contributed by atoms with Gasteiger partial charge in [0, 0.05) is 16.2 Å². The Kier molecular flexibility index (Phi) is 4.37. The largest absolute Gasteiger partial charge is 0.394 e. The molecule has 1 aliphatic rings.